The summed E-state index contributed by atoms with van der Waals surface area (Å²) in [6.07, 6.45) is 0.160. The van der Waals surface area contributed by atoms with E-state index in [9.17, 15) is 9.59 Å². The molecule has 2 aromatic carbocycles. The quantitative estimate of drug-likeness (QED) is 0.685. The van der Waals surface area contributed by atoms with E-state index in [1.807, 2.05) is 25.1 Å². The van der Waals surface area contributed by atoms with Crippen LogP contribution in [0.1, 0.15) is 22.3 Å². The minimum Gasteiger partial charge on any atom is -0.452 e. The molecule has 26 heavy (non-hydrogen) atoms. The Balaban J connectivity index is 2.09. The van der Waals surface area contributed by atoms with E-state index in [4.69, 9.17) is 33.2 Å². The van der Waals surface area contributed by atoms with E-state index in [0.29, 0.717) is 5.69 Å². The SMILES string of the molecule is Cc1ccc(N(CCC#N)C(=O)COC(=O)c2cccc(Cl)c2Cl)cc1. The molecule has 0 unspecified atom stereocenters. The largest absolute Gasteiger partial charge is 0.452 e. The zero-order valence-corrected chi connectivity index (χ0v) is 15.5. The van der Waals surface area contributed by atoms with Gasteiger partial charge in [-0.15, -0.1) is 0 Å². The molecular formula is C19H16Cl2N2O3. The Morgan fingerprint density at radius 2 is 1.85 bits per heavy atom. The first kappa shape index (κ1) is 19.8. The number of halogens is 2. The Bertz CT molecular complexity index is 845. The van der Waals surface area contributed by atoms with Crippen molar-refractivity contribution in [3.8, 4) is 6.07 Å². The molecule has 0 bridgehead atoms. The molecule has 0 atom stereocenters. The predicted molar refractivity (Wildman–Crippen MR) is 101 cm³/mol. The normalized spacial score (nSPS) is 10.1. The number of carbonyl (C=O) groups is 2. The van der Waals surface area contributed by atoms with Gasteiger partial charge in [0, 0.05) is 12.2 Å². The number of nitrogens with zero attached hydrogens (tertiary/aromatic N) is 2. The van der Waals surface area contributed by atoms with E-state index in [0.717, 1.165) is 5.56 Å². The number of benzene rings is 2. The van der Waals surface area contributed by atoms with Crippen LogP contribution in [0.2, 0.25) is 10.0 Å². The molecule has 1 amide bonds. The van der Waals surface area contributed by atoms with Crippen molar-refractivity contribution in [1.29, 1.82) is 5.26 Å². The van der Waals surface area contributed by atoms with Gasteiger partial charge in [0.2, 0.25) is 0 Å². The Kier molecular flexibility index (Phi) is 7.02. The average Bonchev–Trinajstić information content (AvgIpc) is 2.63. The lowest BCUT2D eigenvalue weighted by molar-refractivity contribution is -0.121. The Hall–Kier alpha value is -2.55. The van der Waals surface area contributed by atoms with E-state index < -0.39 is 18.5 Å². The smallest absolute Gasteiger partial charge is 0.340 e. The fraction of sp³-hybridized carbons (Fsp3) is 0.211. The number of aryl methyl sites for hydroxylation is 1. The predicted octanol–water partition coefficient (Wildman–Crippen LogP) is 4.41. The van der Waals surface area contributed by atoms with Crippen molar-refractivity contribution in [1.82, 2.24) is 0 Å². The second-order valence-corrected chi connectivity index (χ2v) is 6.25. The molecule has 2 aromatic rings. The van der Waals surface area contributed by atoms with Gasteiger partial charge in [-0.25, -0.2) is 4.79 Å². The Labute approximate surface area is 161 Å². The maximum absolute atomic E-state index is 12.5. The zero-order chi connectivity index (χ0) is 19.1. The summed E-state index contributed by atoms with van der Waals surface area (Å²) in [5, 5.41) is 9.11. The van der Waals surface area contributed by atoms with Crippen molar-refractivity contribution in [2.24, 2.45) is 0 Å². The van der Waals surface area contributed by atoms with Crippen LogP contribution in [-0.2, 0) is 9.53 Å². The number of amides is 1. The van der Waals surface area contributed by atoms with Gasteiger partial charge in [0.25, 0.3) is 5.91 Å². The highest BCUT2D eigenvalue weighted by molar-refractivity contribution is 6.43. The van der Waals surface area contributed by atoms with Crippen LogP contribution in [0.25, 0.3) is 0 Å². The Morgan fingerprint density at radius 3 is 2.50 bits per heavy atom. The number of esters is 1. The van der Waals surface area contributed by atoms with Gasteiger partial charge < -0.3 is 9.64 Å². The third-order valence-electron chi connectivity index (χ3n) is 3.59. The highest BCUT2D eigenvalue weighted by Crippen LogP contribution is 2.26. The van der Waals surface area contributed by atoms with Crippen LogP contribution < -0.4 is 4.90 Å². The summed E-state index contributed by atoms with van der Waals surface area (Å²) in [7, 11) is 0. The number of nitriles is 1. The third kappa shape index (κ3) is 4.98. The maximum atomic E-state index is 12.5. The molecule has 0 spiro atoms. The molecule has 134 valence electrons. The number of carbonyl (C=O) groups excluding carboxylic acids is 2. The second kappa shape index (κ2) is 9.23. The first-order chi connectivity index (χ1) is 12.4. The van der Waals surface area contributed by atoms with E-state index in [-0.39, 0.29) is 28.6 Å². The molecule has 0 radical (unpaired) electrons. The molecule has 2 rings (SSSR count). The lowest BCUT2D eigenvalue weighted by Gasteiger charge is -2.22. The molecule has 0 fully saturated rings. The summed E-state index contributed by atoms with van der Waals surface area (Å²) in [5.74, 6) is -1.18. The summed E-state index contributed by atoms with van der Waals surface area (Å²) >= 11 is 11.9. The highest BCUT2D eigenvalue weighted by atomic mass is 35.5. The average molecular weight is 391 g/mol. The van der Waals surface area contributed by atoms with Gasteiger partial charge in [0.1, 0.15) is 0 Å². The number of hydrogen-bond acceptors (Lipinski definition) is 4. The van der Waals surface area contributed by atoms with Crippen molar-refractivity contribution in [3.05, 3.63) is 63.6 Å². The fourth-order valence-electron chi connectivity index (χ4n) is 2.23. The first-order valence-corrected chi connectivity index (χ1v) is 8.54. The number of ether oxygens (including phenoxy) is 1. The summed E-state index contributed by atoms with van der Waals surface area (Å²) < 4.78 is 5.08. The van der Waals surface area contributed by atoms with Crippen LogP contribution >= 0.6 is 23.2 Å². The molecule has 0 aromatic heterocycles. The molecule has 0 saturated heterocycles. The zero-order valence-electron chi connectivity index (χ0n) is 14.0. The Morgan fingerprint density at radius 1 is 1.15 bits per heavy atom. The molecule has 0 aliphatic rings. The molecular weight excluding hydrogens is 375 g/mol. The van der Waals surface area contributed by atoms with Crippen LogP contribution in [0.4, 0.5) is 5.69 Å². The second-order valence-electron chi connectivity index (χ2n) is 5.47. The number of rotatable bonds is 6. The minimum absolute atomic E-state index is 0.0755. The van der Waals surface area contributed by atoms with Crippen LogP contribution in [0.3, 0.4) is 0 Å². The van der Waals surface area contributed by atoms with Crippen LogP contribution in [0.15, 0.2) is 42.5 Å². The lowest BCUT2D eigenvalue weighted by Crippen LogP contribution is -2.35. The van der Waals surface area contributed by atoms with Crippen LogP contribution in [-0.4, -0.2) is 25.0 Å². The summed E-state index contributed by atoms with van der Waals surface area (Å²) in [5.41, 5.74) is 1.77. The lowest BCUT2D eigenvalue weighted by atomic mass is 10.2. The van der Waals surface area contributed by atoms with Gasteiger partial charge in [-0.1, -0.05) is 47.0 Å². The summed E-state index contributed by atoms with van der Waals surface area (Å²) in [4.78, 5) is 26.1. The first-order valence-electron chi connectivity index (χ1n) is 7.79. The maximum Gasteiger partial charge on any atom is 0.340 e. The van der Waals surface area contributed by atoms with Crippen molar-refractivity contribution in [2.75, 3.05) is 18.1 Å². The highest BCUT2D eigenvalue weighted by Gasteiger charge is 2.20. The molecule has 0 saturated carbocycles. The summed E-state index contributed by atoms with van der Waals surface area (Å²) in [6.45, 7) is 1.66. The van der Waals surface area contributed by atoms with E-state index in [1.54, 1.807) is 24.3 Å². The van der Waals surface area contributed by atoms with Crippen molar-refractivity contribution in [2.45, 2.75) is 13.3 Å². The van der Waals surface area contributed by atoms with E-state index in [1.165, 1.54) is 11.0 Å². The van der Waals surface area contributed by atoms with Gasteiger partial charge in [-0.2, -0.15) is 5.26 Å². The van der Waals surface area contributed by atoms with Gasteiger partial charge >= 0.3 is 5.97 Å². The van der Waals surface area contributed by atoms with E-state index in [2.05, 4.69) is 0 Å². The van der Waals surface area contributed by atoms with Gasteiger partial charge in [-0.05, 0) is 31.2 Å². The monoisotopic (exact) mass is 390 g/mol. The van der Waals surface area contributed by atoms with Gasteiger partial charge in [0.05, 0.1) is 28.1 Å². The summed E-state index contributed by atoms with van der Waals surface area (Å²) in [6, 6.07) is 13.9. The molecule has 0 heterocycles. The van der Waals surface area contributed by atoms with Crippen molar-refractivity contribution in [3.63, 3.8) is 0 Å². The van der Waals surface area contributed by atoms with Crippen molar-refractivity contribution < 1.29 is 14.3 Å². The van der Waals surface area contributed by atoms with Gasteiger partial charge in [0.15, 0.2) is 6.61 Å². The molecule has 0 aliphatic heterocycles. The molecule has 7 heteroatoms. The fourth-order valence-corrected chi connectivity index (χ4v) is 2.61. The molecule has 0 N–H and O–H groups in total. The third-order valence-corrected chi connectivity index (χ3v) is 4.41. The minimum atomic E-state index is -0.741. The standard InChI is InChI=1S/C19H16Cl2N2O3/c1-13-6-8-14(9-7-13)23(11-3-10-22)17(24)12-26-19(25)15-4-2-5-16(20)18(15)21/h2,4-9H,3,11-12H2,1H3. The topological polar surface area (TPSA) is 70.4 Å². The van der Waals surface area contributed by atoms with Crippen LogP contribution in [0.5, 0.6) is 0 Å². The number of anilines is 1. The number of hydrogen-bond donors (Lipinski definition) is 0. The van der Waals surface area contributed by atoms with E-state index >= 15 is 0 Å². The van der Waals surface area contributed by atoms with Gasteiger partial charge in [-0.3, -0.25) is 4.79 Å². The van der Waals surface area contributed by atoms with Crippen LogP contribution in [0, 0.1) is 18.3 Å². The molecule has 5 nitrogen and oxygen atoms in total. The molecule has 0 aliphatic carbocycles. The van der Waals surface area contributed by atoms with Crippen molar-refractivity contribution >= 4 is 40.8 Å².